The lowest BCUT2D eigenvalue weighted by molar-refractivity contribution is -0.300. The fourth-order valence-electron chi connectivity index (χ4n) is 4.66. The van der Waals surface area contributed by atoms with Crippen LogP contribution in [0.4, 0.5) is 4.79 Å². The van der Waals surface area contributed by atoms with E-state index in [4.69, 9.17) is 14.2 Å². The maximum atomic E-state index is 12.3. The molecule has 0 aliphatic heterocycles. The Bertz CT molecular complexity index is 839. The van der Waals surface area contributed by atoms with E-state index in [0.29, 0.717) is 19.4 Å². The standard InChI is InChI=1S/C23H27NO5/c1-27-23(28-2)12-22(13-23,15-25)14-24-21(26)29-11-20-18-9-5-3-7-16(18)17-8-4-6-10-19(17)20/h3-10,20,25H,11-15H2,1-2H3,(H,24,26). The molecule has 0 aromatic heterocycles. The van der Waals surface area contributed by atoms with Crippen molar-refractivity contribution in [3.8, 4) is 11.1 Å². The normalized spacial score (nSPS) is 18.4. The van der Waals surface area contributed by atoms with Crippen molar-refractivity contribution in [3.63, 3.8) is 0 Å². The first-order valence-corrected chi connectivity index (χ1v) is 9.85. The van der Waals surface area contributed by atoms with Crippen LogP contribution in [-0.4, -0.2) is 51.0 Å². The van der Waals surface area contributed by atoms with Gasteiger partial charge in [0, 0.05) is 44.9 Å². The SMILES string of the molecule is COC1(OC)CC(CO)(CNC(=O)OCC2c3ccccc3-c3ccccc32)C1. The number of benzene rings is 2. The number of hydrogen-bond donors (Lipinski definition) is 2. The molecule has 1 amide bonds. The van der Waals surface area contributed by atoms with Gasteiger partial charge in [0.15, 0.2) is 5.79 Å². The molecule has 2 aromatic rings. The van der Waals surface area contributed by atoms with Gasteiger partial charge in [0.25, 0.3) is 0 Å². The monoisotopic (exact) mass is 397 g/mol. The molecule has 1 saturated carbocycles. The molecular formula is C23H27NO5. The summed E-state index contributed by atoms with van der Waals surface area (Å²) in [5, 5.41) is 12.6. The molecule has 6 heteroatoms. The van der Waals surface area contributed by atoms with Crippen molar-refractivity contribution in [2.24, 2.45) is 5.41 Å². The molecule has 0 radical (unpaired) electrons. The molecule has 2 N–H and O–H groups in total. The maximum absolute atomic E-state index is 12.3. The van der Waals surface area contributed by atoms with Gasteiger partial charge in [-0.05, 0) is 22.3 Å². The molecule has 0 heterocycles. The minimum absolute atomic E-state index is 0.0262. The van der Waals surface area contributed by atoms with Crippen molar-refractivity contribution in [2.75, 3.05) is 34.0 Å². The van der Waals surface area contributed by atoms with Gasteiger partial charge < -0.3 is 24.6 Å². The second-order valence-electron chi connectivity index (χ2n) is 8.01. The Labute approximate surface area is 170 Å². The molecule has 0 unspecified atom stereocenters. The first kappa shape index (κ1) is 19.9. The van der Waals surface area contributed by atoms with Crippen LogP contribution in [0.2, 0.25) is 0 Å². The summed E-state index contributed by atoms with van der Waals surface area (Å²) in [6, 6.07) is 16.5. The number of carbonyl (C=O) groups is 1. The van der Waals surface area contributed by atoms with Crippen molar-refractivity contribution >= 4 is 6.09 Å². The van der Waals surface area contributed by atoms with Crippen LogP contribution >= 0.6 is 0 Å². The van der Waals surface area contributed by atoms with Crippen molar-refractivity contribution in [3.05, 3.63) is 59.7 Å². The van der Waals surface area contributed by atoms with Crippen molar-refractivity contribution < 1.29 is 24.1 Å². The number of ether oxygens (including phenoxy) is 3. The first-order valence-electron chi connectivity index (χ1n) is 9.85. The van der Waals surface area contributed by atoms with E-state index in [1.54, 1.807) is 14.2 Å². The number of amides is 1. The number of fused-ring (bicyclic) bond motifs is 3. The van der Waals surface area contributed by atoms with Gasteiger partial charge in [-0.15, -0.1) is 0 Å². The Kier molecular flexibility index (Phi) is 5.34. The van der Waals surface area contributed by atoms with Crippen molar-refractivity contribution in [1.82, 2.24) is 5.32 Å². The molecule has 29 heavy (non-hydrogen) atoms. The predicted octanol–water partition coefficient (Wildman–Crippen LogP) is 3.29. The minimum Gasteiger partial charge on any atom is -0.449 e. The third-order valence-electron chi connectivity index (χ3n) is 6.32. The van der Waals surface area contributed by atoms with Gasteiger partial charge in [0.2, 0.25) is 0 Å². The summed E-state index contributed by atoms with van der Waals surface area (Å²) in [7, 11) is 3.17. The van der Waals surface area contributed by atoms with Crippen LogP contribution in [0.15, 0.2) is 48.5 Å². The Morgan fingerprint density at radius 2 is 1.59 bits per heavy atom. The largest absolute Gasteiger partial charge is 0.449 e. The second-order valence-corrected chi connectivity index (χ2v) is 8.01. The third-order valence-corrected chi connectivity index (χ3v) is 6.32. The first-order chi connectivity index (χ1) is 14.1. The lowest BCUT2D eigenvalue weighted by Crippen LogP contribution is -2.60. The Hall–Kier alpha value is -2.41. The molecule has 4 rings (SSSR count). The van der Waals surface area contributed by atoms with Crippen molar-refractivity contribution in [2.45, 2.75) is 24.5 Å². The zero-order valence-electron chi connectivity index (χ0n) is 16.8. The molecule has 0 bridgehead atoms. The van der Waals surface area contributed by atoms with Gasteiger partial charge in [-0.25, -0.2) is 4.79 Å². The summed E-state index contributed by atoms with van der Waals surface area (Å²) in [6.45, 7) is 0.534. The minimum atomic E-state index is -0.675. The predicted molar refractivity (Wildman–Crippen MR) is 109 cm³/mol. The highest BCUT2D eigenvalue weighted by Crippen LogP contribution is 2.50. The smallest absolute Gasteiger partial charge is 0.407 e. The molecule has 0 saturated heterocycles. The molecule has 0 spiro atoms. The molecule has 154 valence electrons. The van der Waals surface area contributed by atoms with Crippen LogP contribution < -0.4 is 5.32 Å². The van der Waals surface area contributed by atoms with Gasteiger partial charge in [-0.2, -0.15) is 0 Å². The molecule has 2 aromatic carbocycles. The van der Waals surface area contributed by atoms with Crippen LogP contribution in [0.25, 0.3) is 11.1 Å². The number of aliphatic hydroxyl groups excluding tert-OH is 1. The van der Waals surface area contributed by atoms with Crippen LogP contribution in [0.3, 0.4) is 0 Å². The maximum Gasteiger partial charge on any atom is 0.407 e. The number of aliphatic hydroxyl groups is 1. The Morgan fingerprint density at radius 1 is 1.03 bits per heavy atom. The summed E-state index contributed by atoms with van der Waals surface area (Å²) in [4.78, 5) is 12.3. The van der Waals surface area contributed by atoms with Crippen molar-refractivity contribution in [1.29, 1.82) is 0 Å². The van der Waals surface area contributed by atoms with Crippen LogP contribution in [-0.2, 0) is 14.2 Å². The third kappa shape index (κ3) is 3.52. The summed E-state index contributed by atoms with van der Waals surface area (Å²) in [5.74, 6) is -0.649. The number of nitrogens with one attached hydrogen (secondary N) is 1. The topological polar surface area (TPSA) is 77.0 Å². The van der Waals surface area contributed by atoms with E-state index in [1.807, 2.05) is 24.3 Å². The highest BCUT2D eigenvalue weighted by molar-refractivity contribution is 5.79. The molecule has 2 aliphatic rings. The van der Waals surface area contributed by atoms with E-state index in [2.05, 4.69) is 29.6 Å². The van der Waals surface area contributed by atoms with E-state index >= 15 is 0 Å². The van der Waals surface area contributed by atoms with E-state index in [0.717, 1.165) is 0 Å². The van der Waals surface area contributed by atoms with Gasteiger partial charge in [0.1, 0.15) is 6.61 Å². The van der Waals surface area contributed by atoms with Crippen LogP contribution in [0.1, 0.15) is 29.9 Å². The quantitative estimate of drug-likeness (QED) is 0.701. The summed E-state index contributed by atoms with van der Waals surface area (Å²) in [6.07, 6.45) is 0.562. The highest BCUT2D eigenvalue weighted by atomic mass is 16.7. The molecular weight excluding hydrogens is 370 g/mol. The summed E-state index contributed by atoms with van der Waals surface area (Å²) >= 11 is 0. The average Bonchev–Trinajstić information content (AvgIpc) is 3.06. The number of rotatable bonds is 7. The fraction of sp³-hybridized carbons (Fsp3) is 0.435. The highest BCUT2D eigenvalue weighted by Gasteiger charge is 2.55. The summed E-state index contributed by atoms with van der Waals surface area (Å²) in [5.41, 5.74) is 4.30. The lowest BCUT2D eigenvalue weighted by Gasteiger charge is -2.53. The average molecular weight is 397 g/mol. The number of carbonyl (C=O) groups excluding carboxylic acids is 1. The fourth-order valence-corrected chi connectivity index (χ4v) is 4.66. The summed E-state index contributed by atoms with van der Waals surface area (Å²) < 4.78 is 16.3. The van der Waals surface area contributed by atoms with E-state index in [9.17, 15) is 9.90 Å². The molecule has 1 fully saturated rings. The second kappa shape index (κ2) is 7.78. The van der Waals surface area contributed by atoms with E-state index < -0.39 is 17.3 Å². The van der Waals surface area contributed by atoms with Gasteiger partial charge in [0.05, 0.1) is 6.61 Å². The molecule has 6 nitrogen and oxygen atoms in total. The van der Waals surface area contributed by atoms with E-state index in [-0.39, 0.29) is 19.1 Å². The lowest BCUT2D eigenvalue weighted by atomic mass is 9.64. The molecule has 2 aliphatic carbocycles. The number of alkyl carbamates (subject to hydrolysis) is 1. The molecule has 0 atom stereocenters. The zero-order chi connectivity index (χ0) is 20.5. The zero-order valence-corrected chi connectivity index (χ0v) is 16.8. The van der Waals surface area contributed by atoms with Crippen LogP contribution in [0.5, 0.6) is 0 Å². The number of hydrogen-bond acceptors (Lipinski definition) is 5. The Balaban J connectivity index is 1.36. The van der Waals surface area contributed by atoms with E-state index in [1.165, 1.54) is 22.3 Å². The van der Waals surface area contributed by atoms with Crippen LogP contribution in [0, 0.1) is 5.41 Å². The van der Waals surface area contributed by atoms with Gasteiger partial charge in [-0.1, -0.05) is 48.5 Å². The van der Waals surface area contributed by atoms with Gasteiger partial charge >= 0.3 is 6.09 Å². The Morgan fingerprint density at radius 3 is 2.10 bits per heavy atom. The van der Waals surface area contributed by atoms with Gasteiger partial charge in [-0.3, -0.25) is 0 Å². The number of methoxy groups -OCH3 is 2.